The minimum atomic E-state index is -0.677. The maximum Gasteiger partial charge on any atom is 0.220 e. The van der Waals surface area contributed by atoms with Gasteiger partial charge < -0.3 is 15.5 Å². The van der Waals surface area contributed by atoms with E-state index in [0.29, 0.717) is 12.8 Å². The van der Waals surface area contributed by atoms with Crippen molar-refractivity contribution in [2.75, 3.05) is 6.61 Å². The Balaban J connectivity index is 3.56. The Labute approximate surface area is 336 Å². The summed E-state index contributed by atoms with van der Waals surface area (Å²) in [6.45, 7) is 4.24. The smallest absolute Gasteiger partial charge is 0.220 e. The first-order chi connectivity index (χ1) is 26.7. The summed E-state index contributed by atoms with van der Waals surface area (Å²) in [6.07, 6.45) is 63.1. The molecule has 0 aliphatic carbocycles. The van der Waals surface area contributed by atoms with Crippen LogP contribution in [0.5, 0.6) is 0 Å². The summed E-state index contributed by atoms with van der Waals surface area (Å²) in [7, 11) is 0. The molecular weight excluding hydrogens is 663 g/mol. The highest BCUT2D eigenvalue weighted by atomic mass is 16.3. The zero-order valence-corrected chi connectivity index (χ0v) is 36.0. The third-order valence-corrected chi connectivity index (χ3v) is 10.5. The molecule has 4 heteroatoms. The van der Waals surface area contributed by atoms with Crippen molar-refractivity contribution in [3.05, 3.63) is 60.8 Å². The average Bonchev–Trinajstić information content (AvgIpc) is 3.18. The Morgan fingerprint density at radius 2 is 0.815 bits per heavy atom. The quantitative estimate of drug-likeness (QED) is 0.0429. The maximum atomic E-state index is 12.4. The molecule has 1 amide bonds. The summed E-state index contributed by atoms with van der Waals surface area (Å²) >= 11 is 0. The molecule has 0 heterocycles. The normalized spacial score (nSPS) is 13.5. The zero-order valence-electron chi connectivity index (χ0n) is 36.0. The minimum Gasteiger partial charge on any atom is -0.394 e. The van der Waals surface area contributed by atoms with Gasteiger partial charge >= 0.3 is 0 Å². The van der Waals surface area contributed by atoms with Gasteiger partial charge in [-0.05, 0) is 57.8 Å². The molecular formula is C50H91NO3. The van der Waals surface area contributed by atoms with E-state index >= 15 is 0 Å². The number of aliphatic hydroxyl groups excluding tert-OH is 2. The predicted octanol–water partition coefficient (Wildman–Crippen LogP) is 14.9. The Bertz CT molecular complexity index is 904. The maximum absolute atomic E-state index is 12.4. The van der Waals surface area contributed by atoms with Crippen LogP contribution >= 0.6 is 0 Å². The molecule has 4 nitrogen and oxygen atoms in total. The number of hydrogen-bond donors (Lipinski definition) is 3. The van der Waals surface area contributed by atoms with Gasteiger partial charge in [0.25, 0.3) is 0 Å². The number of carbonyl (C=O) groups is 1. The summed E-state index contributed by atoms with van der Waals surface area (Å²) < 4.78 is 0. The minimum absolute atomic E-state index is 0.0627. The van der Waals surface area contributed by atoms with Crippen molar-refractivity contribution in [3.8, 4) is 0 Å². The number of aliphatic hydroxyl groups is 2. The summed E-state index contributed by atoms with van der Waals surface area (Å²) in [5, 5.41) is 23.2. The summed E-state index contributed by atoms with van der Waals surface area (Å²) in [5.41, 5.74) is 0. The van der Waals surface area contributed by atoms with Crippen LogP contribution in [0.2, 0.25) is 0 Å². The third-order valence-electron chi connectivity index (χ3n) is 10.5. The van der Waals surface area contributed by atoms with Crippen molar-refractivity contribution in [1.29, 1.82) is 0 Å². The lowest BCUT2D eigenvalue weighted by Gasteiger charge is -2.22. The Hall–Kier alpha value is -1.91. The van der Waals surface area contributed by atoms with Crippen LogP contribution in [0.3, 0.4) is 0 Å². The monoisotopic (exact) mass is 754 g/mol. The Morgan fingerprint density at radius 3 is 1.20 bits per heavy atom. The molecule has 0 spiro atoms. The van der Waals surface area contributed by atoms with Crippen LogP contribution < -0.4 is 5.32 Å². The molecule has 314 valence electrons. The standard InChI is InChI=1S/C50H91NO3/c1-3-5-7-9-11-13-15-17-19-21-23-24-25-26-28-29-31-33-35-37-39-41-43-45-49(53)48(47-52)51-50(54)46-44-42-40-38-36-34-32-30-27-22-20-18-16-14-12-10-8-6-4-2/h6,8,12,14,18,20,27,30,34,36,48-49,52-53H,3-5,7,9-11,13,15-17,19,21-26,28-29,31-33,35,37-47H2,1-2H3,(H,51,54)/b8-6-,14-12-,20-18-,30-27-,36-34-. The molecule has 0 aromatic rings. The SMILES string of the molecule is CC/C=C\C/C=C\C/C=C\C/C=C\C/C=C\CCCCCC(=O)NC(CO)C(O)CCCCCCCCCCCCCCCCCCCCCCCCC. The third kappa shape index (κ3) is 41.3. The van der Waals surface area contributed by atoms with Crippen LogP contribution in [0.25, 0.3) is 0 Å². The first kappa shape index (κ1) is 52.1. The molecule has 0 saturated carbocycles. The molecule has 0 aliphatic rings. The van der Waals surface area contributed by atoms with Crippen molar-refractivity contribution in [2.24, 2.45) is 0 Å². The number of amides is 1. The molecule has 2 atom stereocenters. The topological polar surface area (TPSA) is 69.6 Å². The van der Waals surface area contributed by atoms with Gasteiger partial charge in [0, 0.05) is 6.42 Å². The highest BCUT2D eigenvalue weighted by molar-refractivity contribution is 5.76. The van der Waals surface area contributed by atoms with E-state index in [4.69, 9.17) is 0 Å². The van der Waals surface area contributed by atoms with Crippen LogP contribution in [-0.2, 0) is 4.79 Å². The van der Waals surface area contributed by atoms with E-state index in [9.17, 15) is 15.0 Å². The van der Waals surface area contributed by atoms with Crippen LogP contribution in [0.4, 0.5) is 0 Å². The van der Waals surface area contributed by atoms with Crippen LogP contribution in [0, 0.1) is 0 Å². The Kier molecular flexibility index (Phi) is 43.9. The van der Waals surface area contributed by atoms with E-state index in [1.54, 1.807) is 0 Å². The highest BCUT2D eigenvalue weighted by Gasteiger charge is 2.19. The van der Waals surface area contributed by atoms with Gasteiger partial charge in [-0.3, -0.25) is 4.79 Å². The fraction of sp³-hybridized carbons (Fsp3) is 0.780. The van der Waals surface area contributed by atoms with Gasteiger partial charge in [-0.1, -0.05) is 229 Å². The molecule has 0 fully saturated rings. The molecule has 2 unspecified atom stereocenters. The second-order valence-electron chi connectivity index (χ2n) is 15.8. The second-order valence-corrected chi connectivity index (χ2v) is 15.8. The van der Waals surface area contributed by atoms with Crippen molar-refractivity contribution in [1.82, 2.24) is 5.32 Å². The van der Waals surface area contributed by atoms with E-state index in [-0.39, 0.29) is 12.5 Å². The van der Waals surface area contributed by atoms with E-state index in [1.807, 2.05) is 0 Å². The summed E-state index contributed by atoms with van der Waals surface area (Å²) in [5.74, 6) is -0.0627. The lowest BCUT2D eigenvalue weighted by atomic mass is 10.0. The lowest BCUT2D eigenvalue weighted by molar-refractivity contribution is -0.123. The van der Waals surface area contributed by atoms with Crippen LogP contribution in [0.1, 0.15) is 232 Å². The predicted molar refractivity (Wildman–Crippen MR) is 239 cm³/mol. The molecule has 0 radical (unpaired) electrons. The van der Waals surface area contributed by atoms with Gasteiger partial charge in [0.05, 0.1) is 18.8 Å². The number of unbranched alkanes of at least 4 members (excludes halogenated alkanes) is 25. The molecule has 0 rings (SSSR count). The van der Waals surface area contributed by atoms with Gasteiger partial charge in [0.1, 0.15) is 0 Å². The molecule has 0 aromatic heterocycles. The van der Waals surface area contributed by atoms with Gasteiger partial charge in [0.2, 0.25) is 5.91 Å². The van der Waals surface area contributed by atoms with Crippen LogP contribution in [0.15, 0.2) is 60.8 Å². The van der Waals surface area contributed by atoms with Gasteiger partial charge in [-0.15, -0.1) is 0 Å². The van der Waals surface area contributed by atoms with E-state index < -0.39 is 12.1 Å². The highest BCUT2D eigenvalue weighted by Crippen LogP contribution is 2.16. The van der Waals surface area contributed by atoms with Gasteiger partial charge in [-0.2, -0.15) is 0 Å². The largest absolute Gasteiger partial charge is 0.394 e. The number of rotatable bonds is 42. The molecule has 0 saturated heterocycles. The first-order valence-electron chi connectivity index (χ1n) is 23.5. The van der Waals surface area contributed by atoms with Gasteiger partial charge in [-0.25, -0.2) is 0 Å². The molecule has 0 aliphatic heterocycles. The van der Waals surface area contributed by atoms with Crippen molar-refractivity contribution >= 4 is 5.91 Å². The Morgan fingerprint density at radius 1 is 0.463 bits per heavy atom. The summed E-state index contributed by atoms with van der Waals surface area (Å²) in [6, 6.07) is -0.557. The van der Waals surface area contributed by atoms with E-state index in [0.717, 1.165) is 70.6 Å². The van der Waals surface area contributed by atoms with Crippen LogP contribution in [-0.4, -0.2) is 34.9 Å². The fourth-order valence-electron chi connectivity index (χ4n) is 6.98. The molecule has 0 aromatic carbocycles. The molecule has 3 N–H and O–H groups in total. The van der Waals surface area contributed by atoms with Gasteiger partial charge in [0.15, 0.2) is 0 Å². The number of carbonyl (C=O) groups excluding carboxylic acids is 1. The van der Waals surface area contributed by atoms with Crippen molar-refractivity contribution in [3.63, 3.8) is 0 Å². The summed E-state index contributed by atoms with van der Waals surface area (Å²) in [4.78, 5) is 12.4. The second kappa shape index (κ2) is 45.5. The van der Waals surface area contributed by atoms with Crippen molar-refractivity contribution in [2.45, 2.75) is 244 Å². The molecule has 0 bridgehead atoms. The first-order valence-corrected chi connectivity index (χ1v) is 23.5. The van der Waals surface area contributed by atoms with E-state index in [2.05, 4.69) is 79.9 Å². The fourth-order valence-corrected chi connectivity index (χ4v) is 6.98. The number of hydrogen-bond acceptors (Lipinski definition) is 3. The molecule has 54 heavy (non-hydrogen) atoms. The average molecular weight is 754 g/mol. The van der Waals surface area contributed by atoms with Crippen molar-refractivity contribution < 1.29 is 15.0 Å². The lowest BCUT2D eigenvalue weighted by Crippen LogP contribution is -2.45. The zero-order chi connectivity index (χ0) is 39.3. The number of allylic oxidation sites excluding steroid dienone is 10. The number of nitrogens with one attached hydrogen (secondary N) is 1. The van der Waals surface area contributed by atoms with E-state index in [1.165, 1.54) is 135 Å².